The molecule has 0 rings (SSSR count). The minimum Gasteiger partial charge on any atom is -0.479 e. The summed E-state index contributed by atoms with van der Waals surface area (Å²) >= 11 is 0. The van der Waals surface area contributed by atoms with Crippen LogP contribution in [0.5, 0.6) is 0 Å². The van der Waals surface area contributed by atoms with Crippen molar-refractivity contribution in [3.63, 3.8) is 0 Å². The lowest BCUT2D eigenvalue weighted by atomic mass is 10.0. The molecule has 0 saturated carbocycles. The Balaban J connectivity index is 4.19. The Hall–Kier alpha value is -1.10. The molecule has 1 amide bonds. The van der Waals surface area contributed by atoms with Crippen LogP contribution in [-0.4, -0.2) is 36.2 Å². The van der Waals surface area contributed by atoms with Crippen molar-refractivity contribution in [3.8, 4) is 0 Å². The van der Waals surface area contributed by atoms with E-state index in [0.29, 0.717) is 6.42 Å². The van der Waals surface area contributed by atoms with Gasteiger partial charge in [0.15, 0.2) is 5.54 Å². The van der Waals surface area contributed by atoms with Crippen molar-refractivity contribution in [3.05, 3.63) is 0 Å². The average molecular weight is 231 g/mol. The van der Waals surface area contributed by atoms with Crippen molar-refractivity contribution in [1.29, 1.82) is 0 Å². The first-order valence-electron chi connectivity index (χ1n) is 5.49. The number of methoxy groups -OCH3 is 1. The van der Waals surface area contributed by atoms with Gasteiger partial charge in [-0.25, -0.2) is 4.79 Å². The Morgan fingerprint density at radius 1 is 1.38 bits per heavy atom. The maximum absolute atomic E-state index is 11.5. The van der Waals surface area contributed by atoms with Crippen molar-refractivity contribution in [2.24, 2.45) is 0 Å². The third-order valence-electron chi connectivity index (χ3n) is 2.33. The molecule has 0 aromatic rings. The van der Waals surface area contributed by atoms with Crippen LogP contribution in [0.2, 0.25) is 0 Å². The summed E-state index contributed by atoms with van der Waals surface area (Å²) in [4.78, 5) is 22.5. The molecule has 0 spiro atoms. The van der Waals surface area contributed by atoms with E-state index in [1.54, 1.807) is 0 Å². The van der Waals surface area contributed by atoms with Gasteiger partial charge in [0.2, 0.25) is 5.91 Å². The lowest BCUT2D eigenvalue weighted by Gasteiger charge is -2.25. The van der Waals surface area contributed by atoms with Crippen molar-refractivity contribution in [1.82, 2.24) is 5.32 Å². The first-order chi connectivity index (χ1) is 7.46. The van der Waals surface area contributed by atoms with Crippen LogP contribution in [0.1, 0.15) is 39.5 Å². The molecule has 1 unspecified atom stereocenters. The summed E-state index contributed by atoms with van der Waals surface area (Å²) in [5.41, 5.74) is -1.34. The van der Waals surface area contributed by atoms with Gasteiger partial charge in [-0.15, -0.1) is 0 Å². The highest BCUT2D eigenvalue weighted by Crippen LogP contribution is 2.07. The number of carboxylic acid groups (broad SMARTS) is 1. The van der Waals surface area contributed by atoms with Gasteiger partial charge in [-0.1, -0.05) is 19.8 Å². The number of aliphatic carboxylic acids is 1. The number of unbranched alkanes of at least 4 members (excludes halogenated alkanes) is 2. The molecule has 16 heavy (non-hydrogen) atoms. The van der Waals surface area contributed by atoms with E-state index < -0.39 is 11.5 Å². The third-order valence-corrected chi connectivity index (χ3v) is 2.33. The van der Waals surface area contributed by atoms with Crippen LogP contribution in [0.25, 0.3) is 0 Å². The average Bonchev–Trinajstić information content (AvgIpc) is 2.18. The van der Waals surface area contributed by atoms with E-state index in [0.717, 1.165) is 19.3 Å². The van der Waals surface area contributed by atoms with Gasteiger partial charge >= 0.3 is 5.97 Å². The number of nitrogens with one attached hydrogen (secondary N) is 1. The fraction of sp³-hybridized carbons (Fsp3) is 0.818. The smallest absolute Gasteiger partial charge is 0.331 e. The predicted octanol–water partition coefficient (Wildman–Crippen LogP) is 1.17. The number of hydrogen-bond donors (Lipinski definition) is 2. The minimum atomic E-state index is -1.34. The van der Waals surface area contributed by atoms with Crippen molar-refractivity contribution >= 4 is 11.9 Å². The summed E-state index contributed by atoms with van der Waals surface area (Å²) in [5.74, 6) is -1.33. The van der Waals surface area contributed by atoms with Gasteiger partial charge in [0.25, 0.3) is 0 Å². The number of amides is 1. The molecule has 0 bridgehead atoms. The molecule has 2 N–H and O–H groups in total. The van der Waals surface area contributed by atoms with E-state index in [9.17, 15) is 9.59 Å². The lowest BCUT2D eigenvalue weighted by molar-refractivity contribution is -0.149. The minimum absolute atomic E-state index is 0.0398. The second-order valence-electron chi connectivity index (χ2n) is 4.08. The number of rotatable bonds is 8. The molecule has 1 atom stereocenters. The first kappa shape index (κ1) is 14.9. The first-order valence-corrected chi connectivity index (χ1v) is 5.49. The normalized spacial score (nSPS) is 14.2. The van der Waals surface area contributed by atoms with Crippen LogP contribution in [0.3, 0.4) is 0 Å². The Morgan fingerprint density at radius 2 is 2.00 bits per heavy atom. The number of ether oxygens (including phenoxy) is 1. The van der Waals surface area contributed by atoms with E-state index in [2.05, 4.69) is 5.32 Å². The summed E-state index contributed by atoms with van der Waals surface area (Å²) in [7, 11) is 1.41. The molecule has 0 heterocycles. The van der Waals surface area contributed by atoms with Crippen LogP contribution in [0.4, 0.5) is 0 Å². The monoisotopic (exact) mass is 231 g/mol. The maximum Gasteiger partial charge on any atom is 0.331 e. The van der Waals surface area contributed by atoms with Crippen molar-refractivity contribution in [2.75, 3.05) is 13.7 Å². The highest BCUT2D eigenvalue weighted by atomic mass is 16.5. The zero-order valence-electron chi connectivity index (χ0n) is 10.2. The van der Waals surface area contributed by atoms with Crippen LogP contribution in [0.15, 0.2) is 0 Å². The molecule has 0 saturated heterocycles. The molecule has 0 aromatic carbocycles. The number of carboxylic acids is 1. The molecular weight excluding hydrogens is 210 g/mol. The van der Waals surface area contributed by atoms with Gasteiger partial charge in [-0.2, -0.15) is 0 Å². The number of hydrogen-bond acceptors (Lipinski definition) is 3. The van der Waals surface area contributed by atoms with Gasteiger partial charge in [0.1, 0.15) is 0 Å². The third kappa shape index (κ3) is 5.11. The Labute approximate surface area is 96.2 Å². The van der Waals surface area contributed by atoms with Gasteiger partial charge in [0, 0.05) is 13.5 Å². The Kier molecular flexibility index (Phi) is 6.72. The standard InChI is InChI=1S/C11H21NO4/c1-4-5-6-7-9(13)12-11(2,8-16-3)10(14)15/h4-8H2,1-3H3,(H,12,13)(H,14,15). The Morgan fingerprint density at radius 3 is 2.44 bits per heavy atom. The molecule has 0 aromatic heterocycles. The zero-order chi connectivity index (χ0) is 12.6. The second kappa shape index (κ2) is 7.22. The Bertz CT molecular complexity index is 242. The van der Waals surface area contributed by atoms with Gasteiger partial charge < -0.3 is 15.2 Å². The molecule has 0 aliphatic rings. The van der Waals surface area contributed by atoms with Gasteiger partial charge in [0.05, 0.1) is 6.61 Å². The van der Waals surface area contributed by atoms with E-state index >= 15 is 0 Å². The predicted molar refractivity (Wildman–Crippen MR) is 60.2 cm³/mol. The fourth-order valence-corrected chi connectivity index (χ4v) is 1.35. The number of carbonyl (C=O) groups is 2. The molecule has 0 fully saturated rings. The van der Waals surface area contributed by atoms with E-state index in [4.69, 9.17) is 9.84 Å². The summed E-state index contributed by atoms with van der Waals surface area (Å²) < 4.78 is 4.80. The highest BCUT2D eigenvalue weighted by Gasteiger charge is 2.34. The molecule has 5 nitrogen and oxygen atoms in total. The van der Waals surface area contributed by atoms with Crippen LogP contribution in [0, 0.1) is 0 Å². The fourth-order valence-electron chi connectivity index (χ4n) is 1.35. The molecule has 0 aliphatic heterocycles. The SMILES string of the molecule is CCCCCC(=O)NC(C)(COC)C(=O)O. The molecule has 0 radical (unpaired) electrons. The van der Waals surface area contributed by atoms with Gasteiger partial charge in [-0.05, 0) is 13.3 Å². The summed E-state index contributed by atoms with van der Waals surface area (Å²) in [6.45, 7) is 3.45. The second-order valence-corrected chi connectivity index (χ2v) is 4.08. The number of carbonyl (C=O) groups excluding carboxylic acids is 1. The molecular formula is C11H21NO4. The van der Waals surface area contributed by atoms with Crippen LogP contribution in [-0.2, 0) is 14.3 Å². The van der Waals surface area contributed by atoms with Gasteiger partial charge in [-0.3, -0.25) is 4.79 Å². The van der Waals surface area contributed by atoms with E-state index in [-0.39, 0.29) is 12.5 Å². The quantitative estimate of drug-likeness (QED) is 0.615. The van der Waals surface area contributed by atoms with Crippen LogP contribution >= 0.6 is 0 Å². The highest BCUT2D eigenvalue weighted by molar-refractivity contribution is 5.86. The molecule has 94 valence electrons. The summed E-state index contributed by atoms with van der Waals surface area (Å²) in [6, 6.07) is 0. The molecule has 0 aliphatic carbocycles. The van der Waals surface area contributed by atoms with Crippen molar-refractivity contribution in [2.45, 2.75) is 45.1 Å². The van der Waals surface area contributed by atoms with Crippen LogP contribution < -0.4 is 5.32 Å². The lowest BCUT2D eigenvalue weighted by Crippen LogP contribution is -2.55. The van der Waals surface area contributed by atoms with E-state index in [1.807, 2.05) is 6.92 Å². The van der Waals surface area contributed by atoms with Crippen molar-refractivity contribution < 1.29 is 19.4 Å². The topological polar surface area (TPSA) is 75.6 Å². The van der Waals surface area contributed by atoms with E-state index in [1.165, 1.54) is 14.0 Å². The zero-order valence-corrected chi connectivity index (χ0v) is 10.2. The maximum atomic E-state index is 11.5. The largest absolute Gasteiger partial charge is 0.479 e. The summed E-state index contributed by atoms with van der Waals surface area (Å²) in [5, 5.41) is 11.5. The summed E-state index contributed by atoms with van der Waals surface area (Å²) in [6.07, 6.45) is 3.15. The molecule has 5 heteroatoms.